The zero-order valence-corrected chi connectivity index (χ0v) is 4.07. The van der Waals surface area contributed by atoms with Gasteiger partial charge in [0.05, 0.1) is 0 Å². The van der Waals surface area contributed by atoms with Crippen molar-refractivity contribution >= 4 is 0 Å². The largest absolute Gasteiger partial charge is 0.0917 e. The quantitative estimate of drug-likeness (QED) is 0.424. The van der Waals surface area contributed by atoms with E-state index in [0.29, 0.717) is 0 Å². The molecule has 0 unspecified atom stereocenters. The van der Waals surface area contributed by atoms with Crippen molar-refractivity contribution in [2.75, 3.05) is 0 Å². The highest BCUT2D eigenvalue weighted by Crippen LogP contribution is 2.01. The summed E-state index contributed by atoms with van der Waals surface area (Å²) in [7, 11) is 0. The fourth-order valence-electron chi connectivity index (χ4n) is 0.465. The molecular weight excluding hydrogens is 84.1 g/mol. The average Bonchev–Trinajstić information content (AvgIpc) is 1.69. The Kier molecular flexibility index (Phi) is 1.12. The van der Waals surface area contributed by atoms with Gasteiger partial charge in [0.15, 0.2) is 0 Å². The number of hydrogen-bond donors (Lipinski definition) is 0. The third kappa shape index (κ3) is 1.04. The first-order chi connectivity index (χ1) is 3.39. The van der Waals surface area contributed by atoms with E-state index in [1.807, 2.05) is 12.2 Å². The molecule has 0 aliphatic heterocycles. The first-order valence-electron chi connectivity index (χ1n) is 2.22. The molecule has 0 aromatic heterocycles. The molecule has 0 heteroatoms. The molecule has 1 rings (SSSR count). The Balaban J connectivity index is 2.66. The van der Waals surface area contributed by atoms with Gasteiger partial charge in [-0.15, -0.1) is 0 Å². The molecule has 2 radical (unpaired) electrons. The molecule has 0 fully saturated rings. The minimum atomic E-state index is 0.818. The van der Waals surface area contributed by atoms with E-state index in [2.05, 4.69) is 18.7 Å². The van der Waals surface area contributed by atoms with Crippen molar-refractivity contribution in [3.8, 4) is 0 Å². The molecule has 0 heterocycles. The molecule has 0 saturated carbocycles. The van der Waals surface area contributed by atoms with Crippen molar-refractivity contribution in [2.24, 2.45) is 0 Å². The normalized spacial score (nSPS) is 18.0. The van der Waals surface area contributed by atoms with Crippen LogP contribution in [0.4, 0.5) is 0 Å². The van der Waals surface area contributed by atoms with Gasteiger partial charge in [-0.25, -0.2) is 0 Å². The lowest BCUT2D eigenvalue weighted by molar-refractivity contribution is 1.25. The van der Waals surface area contributed by atoms with Crippen molar-refractivity contribution in [3.05, 3.63) is 36.5 Å². The van der Waals surface area contributed by atoms with Gasteiger partial charge in [0.25, 0.3) is 0 Å². The van der Waals surface area contributed by atoms with E-state index in [0.717, 1.165) is 12.0 Å². The van der Waals surface area contributed by atoms with E-state index in [1.54, 1.807) is 0 Å². The van der Waals surface area contributed by atoms with Gasteiger partial charge in [-0.1, -0.05) is 18.7 Å². The molecule has 7 heavy (non-hydrogen) atoms. The van der Waals surface area contributed by atoms with Crippen LogP contribution in [0.2, 0.25) is 0 Å². The van der Waals surface area contributed by atoms with E-state index in [1.165, 1.54) is 0 Å². The first kappa shape index (κ1) is 4.38. The fourth-order valence-corrected chi connectivity index (χ4v) is 0.465. The minimum Gasteiger partial charge on any atom is -0.0917 e. The lowest BCUT2D eigenvalue weighted by Gasteiger charge is -1.91. The lowest BCUT2D eigenvalue weighted by Crippen LogP contribution is -1.74. The van der Waals surface area contributed by atoms with E-state index >= 15 is 0 Å². The summed E-state index contributed by atoms with van der Waals surface area (Å²) in [5.41, 5.74) is 0.992. The van der Waals surface area contributed by atoms with Gasteiger partial charge in [0.1, 0.15) is 0 Å². The highest BCUT2D eigenvalue weighted by atomic mass is 13.9. The molecular formula is C7H6. The van der Waals surface area contributed by atoms with Crippen LogP contribution in [0.15, 0.2) is 24.3 Å². The highest BCUT2D eigenvalue weighted by Gasteiger charge is 1.84. The Hall–Kier alpha value is -0.780. The maximum Gasteiger partial charge on any atom is -0.00196 e. The zero-order chi connectivity index (χ0) is 5.11. The Morgan fingerprint density at radius 2 is 2.00 bits per heavy atom. The molecule has 0 spiro atoms. The monoisotopic (exact) mass is 90.0 g/mol. The van der Waals surface area contributed by atoms with E-state index in [4.69, 9.17) is 0 Å². The third-order valence-electron chi connectivity index (χ3n) is 0.779. The van der Waals surface area contributed by atoms with Crippen molar-refractivity contribution in [1.29, 1.82) is 0 Å². The Morgan fingerprint density at radius 1 is 1.43 bits per heavy atom. The smallest absolute Gasteiger partial charge is 0.00196 e. The third-order valence-corrected chi connectivity index (χ3v) is 0.779. The van der Waals surface area contributed by atoms with Crippen LogP contribution in [0.3, 0.4) is 0 Å². The van der Waals surface area contributed by atoms with Crippen molar-refractivity contribution in [1.82, 2.24) is 0 Å². The van der Waals surface area contributed by atoms with Gasteiger partial charge in [-0.05, 0) is 24.1 Å². The molecule has 1 aliphatic rings. The van der Waals surface area contributed by atoms with Gasteiger partial charge in [0.2, 0.25) is 0 Å². The Labute approximate surface area is 43.9 Å². The van der Waals surface area contributed by atoms with Crippen LogP contribution in [0.1, 0.15) is 6.42 Å². The van der Waals surface area contributed by atoms with Gasteiger partial charge in [0, 0.05) is 0 Å². The number of hydrogen-bond acceptors (Lipinski definition) is 0. The summed E-state index contributed by atoms with van der Waals surface area (Å²) in [5.74, 6) is 0. The van der Waals surface area contributed by atoms with Crippen LogP contribution in [-0.2, 0) is 0 Å². The van der Waals surface area contributed by atoms with Crippen LogP contribution in [0.25, 0.3) is 0 Å². The molecule has 0 aromatic carbocycles. The maximum absolute atomic E-state index is 3.68. The summed E-state index contributed by atoms with van der Waals surface area (Å²) in [6, 6.07) is 0. The summed E-state index contributed by atoms with van der Waals surface area (Å²) < 4.78 is 0. The lowest BCUT2D eigenvalue weighted by atomic mass is 10.1. The molecule has 1 aliphatic carbocycles. The summed E-state index contributed by atoms with van der Waals surface area (Å²) >= 11 is 0. The molecule has 0 aromatic rings. The predicted molar refractivity (Wildman–Crippen MR) is 29.4 cm³/mol. The second-order valence-corrected chi connectivity index (χ2v) is 1.45. The fraction of sp³-hybridized carbons (Fsp3) is 0.143. The average molecular weight is 90.1 g/mol. The van der Waals surface area contributed by atoms with Gasteiger partial charge in [-0.2, -0.15) is 0 Å². The molecule has 0 amide bonds. The van der Waals surface area contributed by atoms with Crippen molar-refractivity contribution in [3.63, 3.8) is 0 Å². The van der Waals surface area contributed by atoms with Crippen molar-refractivity contribution in [2.45, 2.75) is 6.42 Å². The molecule has 0 nitrogen and oxygen atoms in total. The topological polar surface area (TPSA) is 0 Å². The van der Waals surface area contributed by atoms with Gasteiger partial charge < -0.3 is 0 Å². The summed E-state index contributed by atoms with van der Waals surface area (Å²) in [4.78, 5) is 0. The molecule has 34 valence electrons. The molecule has 0 saturated heterocycles. The molecule has 0 bridgehead atoms. The van der Waals surface area contributed by atoms with Crippen LogP contribution >= 0.6 is 0 Å². The number of allylic oxidation sites excluding steroid dienone is 5. The minimum absolute atomic E-state index is 0.818. The number of rotatable bonds is 0. The Bertz CT molecular complexity index is 113. The zero-order valence-electron chi connectivity index (χ0n) is 4.07. The van der Waals surface area contributed by atoms with Crippen LogP contribution in [-0.4, -0.2) is 0 Å². The molecule has 0 atom stereocenters. The van der Waals surface area contributed by atoms with Gasteiger partial charge in [-0.3, -0.25) is 0 Å². The van der Waals surface area contributed by atoms with E-state index < -0.39 is 0 Å². The maximum atomic E-state index is 3.68. The van der Waals surface area contributed by atoms with Gasteiger partial charge >= 0.3 is 0 Å². The van der Waals surface area contributed by atoms with E-state index in [-0.39, 0.29) is 0 Å². The van der Waals surface area contributed by atoms with Crippen molar-refractivity contribution < 1.29 is 0 Å². The van der Waals surface area contributed by atoms with Crippen LogP contribution in [0.5, 0.6) is 0 Å². The summed E-state index contributed by atoms with van der Waals surface area (Å²) in [6.45, 7) is 3.68. The van der Waals surface area contributed by atoms with Crippen LogP contribution < -0.4 is 0 Å². The van der Waals surface area contributed by atoms with E-state index in [9.17, 15) is 0 Å². The summed E-state index contributed by atoms with van der Waals surface area (Å²) in [5, 5.41) is 0. The second-order valence-electron chi connectivity index (χ2n) is 1.45. The molecule has 0 N–H and O–H groups in total. The SMILES string of the molecule is C=C1C=[C]C[C]=C1. The Morgan fingerprint density at radius 3 is 2.29 bits per heavy atom. The second kappa shape index (κ2) is 1.78. The predicted octanol–water partition coefficient (Wildman–Crippen LogP) is 1.67. The van der Waals surface area contributed by atoms with Crippen LogP contribution in [0, 0.1) is 12.2 Å². The highest BCUT2D eigenvalue weighted by molar-refractivity contribution is 5.27. The first-order valence-corrected chi connectivity index (χ1v) is 2.22. The summed E-state index contributed by atoms with van der Waals surface area (Å²) in [6.07, 6.45) is 10.5. The standard InChI is InChI=1S/C7H6/c1-7-5-3-2-4-6-7/h5-6H,1-2H2.